The standard InChI is InChI=1S/C18H25NO2/c1-12-2-3-16(21-12)17(20)19-5-4-18-9-13-6-14(10-18)8-15(7-13)11-18/h2-3,13-15H,4-11H2,1H3,(H,19,20). The first-order chi connectivity index (χ1) is 10.1. The van der Waals surface area contributed by atoms with Crippen molar-refractivity contribution in [2.24, 2.45) is 23.2 Å². The van der Waals surface area contributed by atoms with Crippen molar-refractivity contribution in [2.75, 3.05) is 6.54 Å². The van der Waals surface area contributed by atoms with Gasteiger partial charge in [-0.3, -0.25) is 4.79 Å². The van der Waals surface area contributed by atoms with E-state index in [9.17, 15) is 4.79 Å². The van der Waals surface area contributed by atoms with Crippen molar-refractivity contribution in [1.29, 1.82) is 0 Å². The maximum atomic E-state index is 12.0. The molecule has 21 heavy (non-hydrogen) atoms. The van der Waals surface area contributed by atoms with Gasteiger partial charge in [-0.1, -0.05) is 0 Å². The third-order valence-corrected chi connectivity index (χ3v) is 6.07. The van der Waals surface area contributed by atoms with Gasteiger partial charge in [0.2, 0.25) is 0 Å². The first-order valence-corrected chi connectivity index (χ1v) is 8.47. The van der Waals surface area contributed by atoms with Crippen LogP contribution in [0.1, 0.15) is 61.3 Å². The fourth-order valence-corrected chi connectivity index (χ4v) is 5.68. The number of aryl methyl sites for hydroxylation is 1. The molecule has 0 spiro atoms. The molecule has 0 atom stereocenters. The smallest absolute Gasteiger partial charge is 0.286 e. The van der Waals surface area contributed by atoms with Crippen LogP contribution in [0.15, 0.2) is 16.5 Å². The van der Waals surface area contributed by atoms with Crippen molar-refractivity contribution < 1.29 is 9.21 Å². The number of hydrogen-bond acceptors (Lipinski definition) is 2. The zero-order valence-corrected chi connectivity index (χ0v) is 12.9. The largest absolute Gasteiger partial charge is 0.456 e. The maximum absolute atomic E-state index is 12.0. The van der Waals surface area contributed by atoms with Crippen molar-refractivity contribution in [3.8, 4) is 0 Å². The number of amides is 1. The molecule has 0 saturated heterocycles. The number of furan rings is 1. The SMILES string of the molecule is Cc1ccc(C(=O)NCCC23CC4CC(CC(C4)C2)C3)o1. The normalized spacial score (nSPS) is 36.9. The van der Waals surface area contributed by atoms with E-state index in [1.165, 1.54) is 38.5 Å². The molecule has 4 aliphatic carbocycles. The van der Waals surface area contributed by atoms with Gasteiger partial charge < -0.3 is 9.73 Å². The monoisotopic (exact) mass is 287 g/mol. The molecule has 5 rings (SSSR count). The van der Waals surface area contributed by atoms with Crippen LogP contribution in [0, 0.1) is 30.1 Å². The van der Waals surface area contributed by atoms with Crippen LogP contribution in [-0.2, 0) is 0 Å². The summed E-state index contributed by atoms with van der Waals surface area (Å²) in [5.41, 5.74) is 0.543. The summed E-state index contributed by atoms with van der Waals surface area (Å²) in [4.78, 5) is 12.0. The molecular weight excluding hydrogens is 262 g/mol. The molecule has 114 valence electrons. The molecule has 1 N–H and O–H groups in total. The van der Waals surface area contributed by atoms with Gasteiger partial charge in [-0.15, -0.1) is 0 Å². The van der Waals surface area contributed by atoms with Crippen LogP contribution in [0.4, 0.5) is 0 Å². The molecule has 1 aromatic heterocycles. The zero-order chi connectivity index (χ0) is 14.4. The summed E-state index contributed by atoms with van der Waals surface area (Å²) in [7, 11) is 0. The van der Waals surface area contributed by atoms with E-state index in [0.29, 0.717) is 11.2 Å². The zero-order valence-electron chi connectivity index (χ0n) is 12.9. The van der Waals surface area contributed by atoms with Gasteiger partial charge in [-0.2, -0.15) is 0 Å². The van der Waals surface area contributed by atoms with Crippen molar-refractivity contribution in [3.63, 3.8) is 0 Å². The Hall–Kier alpha value is -1.25. The van der Waals surface area contributed by atoms with Crippen molar-refractivity contribution in [2.45, 2.75) is 51.9 Å². The number of hydrogen-bond donors (Lipinski definition) is 1. The Balaban J connectivity index is 1.34. The summed E-state index contributed by atoms with van der Waals surface area (Å²) in [6.07, 6.45) is 9.84. The quantitative estimate of drug-likeness (QED) is 0.912. The Morgan fingerprint density at radius 2 is 1.81 bits per heavy atom. The summed E-state index contributed by atoms with van der Waals surface area (Å²) >= 11 is 0. The molecule has 0 aliphatic heterocycles. The molecule has 3 nitrogen and oxygen atoms in total. The molecule has 4 aliphatic rings. The van der Waals surface area contributed by atoms with Gasteiger partial charge in [-0.25, -0.2) is 0 Å². The average molecular weight is 287 g/mol. The molecule has 4 fully saturated rings. The second kappa shape index (κ2) is 4.89. The Kier molecular flexibility index (Phi) is 3.13. The molecule has 1 aromatic rings. The molecule has 4 bridgehead atoms. The third kappa shape index (κ3) is 2.51. The predicted molar refractivity (Wildman–Crippen MR) is 81.0 cm³/mol. The van der Waals surface area contributed by atoms with E-state index in [4.69, 9.17) is 4.42 Å². The Morgan fingerprint density at radius 1 is 1.19 bits per heavy atom. The fourth-order valence-electron chi connectivity index (χ4n) is 5.68. The van der Waals surface area contributed by atoms with E-state index in [2.05, 4.69) is 5.32 Å². The summed E-state index contributed by atoms with van der Waals surface area (Å²) in [5.74, 6) is 4.13. The maximum Gasteiger partial charge on any atom is 0.286 e. The minimum Gasteiger partial charge on any atom is -0.456 e. The highest BCUT2D eigenvalue weighted by molar-refractivity contribution is 5.91. The highest BCUT2D eigenvalue weighted by Gasteiger charge is 2.50. The van der Waals surface area contributed by atoms with Gasteiger partial charge in [0.1, 0.15) is 5.76 Å². The van der Waals surface area contributed by atoms with E-state index < -0.39 is 0 Å². The van der Waals surface area contributed by atoms with E-state index in [1.807, 2.05) is 13.0 Å². The Labute approximate surface area is 126 Å². The molecule has 4 saturated carbocycles. The first kappa shape index (κ1) is 13.4. The van der Waals surface area contributed by atoms with Gasteiger partial charge >= 0.3 is 0 Å². The summed E-state index contributed by atoms with van der Waals surface area (Å²) in [5, 5.41) is 3.05. The predicted octanol–water partition coefficient (Wildman–Crippen LogP) is 3.92. The molecule has 0 unspecified atom stereocenters. The number of nitrogens with one attached hydrogen (secondary N) is 1. The van der Waals surface area contributed by atoms with Crippen LogP contribution in [0.5, 0.6) is 0 Å². The van der Waals surface area contributed by atoms with Gasteiger partial charge in [0.15, 0.2) is 5.76 Å². The summed E-state index contributed by atoms with van der Waals surface area (Å²) in [6.45, 7) is 2.66. The molecular formula is C18H25NO2. The first-order valence-electron chi connectivity index (χ1n) is 8.47. The summed E-state index contributed by atoms with van der Waals surface area (Å²) in [6, 6.07) is 3.60. The van der Waals surface area contributed by atoms with Crippen LogP contribution in [-0.4, -0.2) is 12.5 Å². The van der Waals surface area contributed by atoms with Gasteiger partial charge in [-0.05, 0) is 87.2 Å². The molecule has 1 heterocycles. The van der Waals surface area contributed by atoms with Crippen molar-refractivity contribution in [3.05, 3.63) is 23.7 Å². The minimum atomic E-state index is -0.0622. The van der Waals surface area contributed by atoms with Crippen molar-refractivity contribution in [1.82, 2.24) is 5.32 Å². The molecule has 0 radical (unpaired) electrons. The van der Waals surface area contributed by atoms with Gasteiger partial charge in [0.25, 0.3) is 5.91 Å². The third-order valence-electron chi connectivity index (χ3n) is 6.07. The molecule has 1 amide bonds. The topological polar surface area (TPSA) is 42.2 Å². The fraction of sp³-hybridized carbons (Fsp3) is 0.722. The molecule has 3 heteroatoms. The number of carbonyl (C=O) groups is 1. The van der Waals surface area contributed by atoms with Crippen LogP contribution < -0.4 is 5.32 Å². The lowest BCUT2D eigenvalue weighted by Crippen LogP contribution is -2.47. The Bertz CT molecular complexity index is 510. The van der Waals surface area contributed by atoms with Crippen molar-refractivity contribution >= 4 is 5.91 Å². The van der Waals surface area contributed by atoms with Gasteiger partial charge in [0, 0.05) is 6.54 Å². The molecule has 0 aromatic carbocycles. The van der Waals surface area contributed by atoms with E-state index in [1.54, 1.807) is 6.07 Å². The Morgan fingerprint density at radius 3 is 2.33 bits per heavy atom. The highest BCUT2D eigenvalue weighted by Crippen LogP contribution is 2.61. The number of rotatable bonds is 4. The van der Waals surface area contributed by atoms with Gasteiger partial charge in [0.05, 0.1) is 0 Å². The second-order valence-electron chi connectivity index (χ2n) is 7.83. The summed E-state index contributed by atoms with van der Waals surface area (Å²) < 4.78 is 5.38. The van der Waals surface area contributed by atoms with E-state index >= 15 is 0 Å². The van der Waals surface area contributed by atoms with Crippen LogP contribution in [0.2, 0.25) is 0 Å². The van der Waals surface area contributed by atoms with Crippen LogP contribution >= 0.6 is 0 Å². The lowest BCUT2D eigenvalue weighted by atomic mass is 9.49. The van der Waals surface area contributed by atoms with Crippen LogP contribution in [0.3, 0.4) is 0 Å². The highest BCUT2D eigenvalue weighted by atomic mass is 16.3. The van der Waals surface area contributed by atoms with E-state index in [0.717, 1.165) is 36.5 Å². The second-order valence-corrected chi connectivity index (χ2v) is 7.83. The average Bonchev–Trinajstić information content (AvgIpc) is 2.83. The lowest BCUT2D eigenvalue weighted by molar-refractivity contribution is -0.0564. The minimum absolute atomic E-state index is 0.0622. The number of carbonyl (C=O) groups excluding carboxylic acids is 1. The van der Waals surface area contributed by atoms with Crippen LogP contribution in [0.25, 0.3) is 0 Å². The van der Waals surface area contributed by atoms with E-state index in [-0.39, 0.29) is 5.91 Å². The lowest BCUT2D eigenvalue weighted by Gasteiger charge is -2.57.